The predicted molar refractivity (Wildman–Crippen MR) is 109 cm³/mol. The summed E-state index contributed by atoms with van der Waals surface area (Å²) in [6.07, 6.45) is -12.7. The van der Waals surface area contributed by atoms with Crippen LogP contribution in [0.25, 0.3) is 0 Å². The molecule has 14 nitrogen and oxygen atoms in total. The van der Waals surface area contributed by atoms with Crippen LogP contribution in [0.4, 0.5) is 0 Å². The van der Waals surface area contributed by atoms with Crippen molar-refractivity contribution in [1.29, 1.82) is 0 Å². The number of carbonyl (C=O) groups excluding carboxylic acids is 1. The maximum atomic E-state index is 12.0. The minimum Gasteiger partial charge on any atom is -0.471 e. The van der Waals surface area contributed by atoms with Crippen LogP contribution in [0.2, 0.25) is 0 Å². The molecule has 12 atom stereocenters. The first kappa shape index (κ1) is 26.4. The van der Waals surface area contributed by atoms with Crippen molar-refractivity contribution in [3.63, 3.8) is 0 Å². The molecular formula is C21H30O14. The maximum absolute atomic E-state index is 12.0. The van der Waals surface area contributed by atoms with E-state index in [9.17, 15) is 40.5 Å². The van der Waals surface area contributed by atoms with Gasteiger partial charge in [-0.25, -0.2) is 4.79 Å². The molecule has 0 radical (unpaired) electrons. The van der Waals surface area contributed by atoms with Gasteiger partial charge in [-0.1, -0.05) is 6.08 Å². The zero-order valence-corrected chi connectivity index (χ0v) is 18.5. The molecule has 3 saturated heterocycles. The van der Waals surface area contributed by atoms with E-state index >= 15 is 0 Å². The Morgan fingerprint density at radius 3 is 2.46 bits per heavy atom. The average Bonchev–Trinajstić information content (AvgIpc) is 2.82. The fraction of sp³-hybridized carbons (Fsp3) is 0.762. The molecule has 14 heteroatoms. The third kappa shape index (κ3) is 4.84. The first-order chi connectivity index (χ1) is 16.6. The first-order valence-corrected chi connectivity index (χ1v) is 11.1. The molecule has 0 amide bonds. The number of fused-ring (bicyclic) bond motifs is 1. The van der Waals surface area contributed by atoms with Crippen molar-refractivity contribution in [3.8, 4) is 0 Å². The van der Waals surface area contributed by atoms with Gasteiger partial charge in [0.2, 0.25) is 6.29 Å². The lowest BCUT2D eigenvalue weighted by Crippen LogP contribution is -2.62. The smallest absolute Gasteiger partial charge is 0.340 e. The lowest BCUT2D eigenvalue weighted by Gasteiger charge is -2.46. The van der Waals surface area contributed by atoms with Gasteiger partial charge in [-0.3, -0.25) is 0 Å². The molecule has 4 heterocycles. The molecule has 0 aromatic rings. The van der Waals surface area contributed by atoms with Crippen molar-refractivity contribution in [1.82, 2.24) is 0 Å². The second-order valence-electron chi connectivity index (χ2n) is 8.84. The van der Waals surface area contributed by atoms with Crippen LogP contribution in [0.5, 0.6) is 0 Å². The molecule has 4 rings (SSSR count). The summed E-state index contributed by atoms with van der Waals surface area (Å²) in [4.78, 5) is 12.0. The lowest BCUT2D eigenvalue weighted by molar-refractivity contribution is -0.352. The average molecular weight is 506 g/mol. The van der Waals surface area contributed by atoms with Crippen LogP contribution in [-0.2, 0) is 33.2 Å². The van der Waals surface area contributed by atoms with Crippen LogP contribution in [-0.4, -0.2) is 129 Å². The molecular weight excluding hydrogens is 476 g/mol. The Bertz CT molecular complexity index is 820. The minimum absolute atomic E-state index is 0.0423. The van der Waals surface area contributed by atoms with Gasteiger partial charge in [0.1, 0.15) is 53.9 Å². The number of ether oxygens (including phenoxy) is 6. The van der Waals surface area contributed by atoms with E-state index in [-0.39, 0.29) is 25.2 Å². The third-order valence-corrected chi connectivity index (χ3v) is 6.64. The topological polar surface area (TPSA) is 214 Å². The first-order valence-electron chi connectivity index (χ1n) is 11.1. The van der Waals surface area contributed by atoms with E-state index in [2.05, 4.69) is 6.58 Å². The Kier molecular flexibility index (Phi) is 7.80. The van der Waals surface area contributed by atoms with Gasteiger partial charge in [0.25, 0.3) is 0 Å². The van der Waals surface area contributed by atoms with E-state index in [1.807, 2.05) is 0 Å². The Hall–Kier alpha value is -1.69. The monoisotopic (exact) mass is 506 g/mol. The number of hydrogen-bond donors (Lipinski definition) is 7. The third-order valence-electron chi connectivity index (χ3n) is 6.64. The highest BCUT2D eigenvalue weighted by Crippen LogP contribution is 2.42. The van der Waals surface area contributed by atoms with E-state index in [1.54, 1.807) is 0 Å². The summed E-state index contributed by atoms with van der Waals surface area (Å²) in [5.74, 6) is -1.73. The number of aliphatic hydroxyl groups excluding tert-OH is 6. The lowest BCUT2D eigenvalue weighted by atomic mass is 9.76. The summed E-state index contributed by atoms with van der Waals surface area (Å²) < 4.78 is 32.1. The fourth-order valence-electron chi connectivity index (χ4n) is 4.47. The maximum Gasteiger partial charge on any atom is 0.340 e. The van der Waals surface area contributed by atoms with Crippen LogP contribution in [0.3, 0.4) is 0 Å². The summed E-state index contributed by atoms with van der Waals surface area (Å²) in [7, 11) is 0. The second-order valence-corrected chi connectivity index (χ2v) is 8.84. The van der Waals surface area contributed by atoms with Crippen molar-refractivity contribution in [2.24, 2.45) is 5.92 Å². The minimum atomic E-state index is -1.74. The van der Waals surface area contributed by atoms with Gasteiger partial charge in [-0.15, -0.1) is 6.58 Å². The van der Waals surface area contributed by atoms with Gasteiger partial charge in [0.05, 0.1) is 32.0 Å². The molecule has 4 aliphatic rings. The second kappa shape index (κ2) is 10.4. The summed E-state index contributed by atoms with van der Waals surface area (Å²) in [6.45, 7) is 2.84. The molecule has 0 bridgehead atoms. The van der Waals surface area contributed by atoms with Gasteiger partial charge in [-0.2, -0.15) is 0 Å². The number of rotatable bonds is 6. The van der Waals surface area contributed by atoms with Gasteiger partial charge >= 0.3 is 5.97 Å². The van der Waals surface area contributed by atoms with Crippen molar-refractivity contribution in [3.05, 3.63) is 24.5 Å². The predicted octanol–water partition coefficient (Wildman–Crippen LogP) is -4.01. The molecule has 3 fully saturated rings. The van der Waals surface area contributed by atoms with Crippen molar-refractivity contribution >= 4 is 5.97 Å². The standard InChI is InChI=1S/C21H30O14/c1-2-8-18(31-5-9-17(28)30-4-3-21(8,9)29)35-20-16(27)14(25)13(24)11(34-20)7-33-19-15(26)12(23)10(22)6-32-19/h2,5,8,10-16,18-20,22-27,29H,1,3-4,6-7H2/t8-,10+,11+,12+,13+,14-,15-,16+,18-,19+,20-,21+/m0/s1. The number of hydrogen-bond acceptors (Lipinski definition) is 14. The normalized spacial score (nSPS) is 48.3. The molecule has 0 aromatic heterocycles. The van der Waals surface area contributed by atoms with E-state index in [0.717, 1.165) is 6.26 Å². The van der Waals surface area contributed by atoms with Crippen LogP contribution < -0.4 is 0 Å². The highest BCUT2D eigenvalue weighted by atomic mass is 16.8. The zero-order chi connectivity index (χ0) is 25.5. The SMILES string of the molecule is C=C[C@H]1[C@H](O[C@@H]2O[C@H](CO[C@H]3OC[C@@H](O)[C@@H](O)[C@@H]3O)[C@@H](O)[C@H](O)[C@H]2O)OC=C2C(=O)OCC[C@]21O. The summed E-state index contributed by atoms with van der Waals surface area (Å²) in [5, 5.41) is 71.5. The van der Waals surface area contributed by atoms with Gasteiger partial charge in [0.15, 0.2) is 12.6 Å². The largest absolute Gasteiger partial charge is 0.471 e. The van der Waals surface area contributed by atoms with Gasteiger partial charge in [-0.05, 0) is 0 Å². The van der Waals surface area contributed by atoms with Crippen LogP contribution in [0, 0.1) is 5.92 Å². The summed E-state index contributed by atoms with van der Waals surface area (Å²) >= 11 is 0. The number of aliphatic hydroxyl groups is 7. The van der Waals surface area contributed by atoms with Crippen molar-refractivity contribution in [2.45, 2.75) is 73.6 Å². The number of cyclic esters (lactones) is 1. The molecule has 35 heavy (non-hydrogen) atoms. The quantitative estimate of drug-likeness (QED) is 0.135. The number of carbonyl (C=O) groups is 1. The molecule has 4 aliphatic heterocycles. The van der Waals surface area contributed by atoms with Crippen LogP contribution in [0.15, 0.2) is 24.5 Å². The van der Waals surface area contributed by atoms with E-state index in [1.165, 1.54) is 6.08 Å². The molecule has 7 N–H and O–H groups in total. The Labute approximate surface area is 199 Å². The van der Waals surface area contributed by atoms with E-state index in [4.69, 9.17) is 28.4 Å². The molecule has 198 valence electrons. The summed E-state index contributed by atoms with van der Waals surface area (Å²) in [5.41, 5.74) is -1.82. The highest BCUT2D eigenvalue weighted by molar-refractivity contribution is 5.91. The van der Waals surface area contributed by atoms with Crippen LogP contribution in [0.1, 0.15) is 6.42 Å². The molecule has 0 aromatic carbocycles. The Balaban J connectivity index is 1.44. The van der Waals surface area contributed by atoms with E-state index < -0.39 is 85.7 Å². The molecule has 0 aliphatic carbocycles. The van der Waals surface area contributed by atoms with Gasteiger partial charge in [0, 0.05) is 6.42 Å². The Morgan fingerprint density at radius 1 is 1.03 bits per heavy atom. The van der Waals surface area contributed by atoms with Crippen molar-refractivity contribution < 1.29 is 69.0 Å². The Morgan fingerprint density at radius 2 is 1.74 bits per heavy atom. The number of esters is 1. The molecule has 0 saturated carbocycles. The summed E-state index contributed by atoms with van der Waals surface area (Å²) in [6, 6.07) is 0. The van der Waals surface area contributed by atoms with Crippen LogP contribution >= 0.6 is 0 Å². The highest BCUT2D eigenvalue weighted by Gasteiger charge is 2.54. The molecule has 0 unspecified atom stereocenters. The fourth-order valence-corrected chi connectivity index (χ4v) is 4.47. The van der Waals surface area contributed by atoms with Crippen molar-refractivity contribution in [2.75, 3.05) is 19.8 Å². The molecule has 0 spiro atoms. The zero-order valence-electron chi connectivity index (χ0n) is 18.5. The van der Waals surface area contributed by atoms with E-state index in [0.29, 0.717) is 0 Å². The van der Waals surface area contributed by atoms with Gasteiger partial charge < -0.3 is 64.2 Å².